The average Bonchev–Trinajstić information content (AvgIpc) is 2.71. The zero-order chi connectivity index (χ0) is 14.0. The molecule has 2 aromatic rings. The minimum Gasteiger partial charge on any atom is -0.358 e. The Hall–Kier alpha value is -1.80. The van der Waals surface area contributed by atoms with Gasteiger partial charge in [-0.15, -0.1) is 6.58 Å². The van der Waals surface area contributed by atoms with Gasteiger partial charge < -0.3 is 9.88 Å². The molecule has 2 aromatic heterocycles. The highest BCUT2D eigenvalue weighted by molar-refractivity contribution is 7.73. The Bertz CT molecular complexity index is 756. The number of aromatic nitrogens is 3. The smallest absolute Gasteiger partial charge is 0.273 e. The number of carbonyl (C=O) groups excluding carboxylic acids is 1. The predicted molar refractivity (Wildman–Crippen MR) is 77.0 cm³/mol. The van der Waals surface area contributed by atoms with Crippen LogP contribution in [0.5, 0.6) is 0 Å². The van der Waals surface area contributed by atoms with Crippen molar-refractivity contribution < 1.29 is 4.79 Å². The van der Waals surface area contributed by atoms with E-state index in [0.717, 1.165) is 0 Å². The maximum Gasteiger partial charge on any atom is 0.273 e. The molecule has 0 aliphatic heterocycles. The molecule has 0 aliphatic rings. The number of rotatable bonds is 4. The molecule has 0 saturated carbocycles. The maximum absolute atomic E-state index is 12.2. The zero-order valence-electron chi connectivity index (χ0n) is 10.3. The van der Waals surface area contributed by atoms with Crippen LogP contribution in [0.4, 0.5) is 0 Å². The molecule has 19 heavy (non-hydrogen) atoms. The first-order chi connectivity index (χ1) is 9.08. The van der Waals surface area contributed by atoms with Gasteiger partial charge in [-0.25, -0.2) is 4.98 Å². The topological polar surface area (TPSA) is 68.9 Å². The Morgan fingerprint density at radius 2 is 2.42 bits per heavy atom. The Morgan fingerprint density at radius 3 is 3.05 bits per heavy atom. The van der Waals surface area contributed by atoms with Crippen LogP contribution in [-0.4, -0.2) is 27.1 Å². The molecule has 2 heterocycles. The molecule has 2 rings (SSSR count). The molecule has 0 aliphatic carbocycles. The normalized spacial score (nSPS) is 10.6. The van der Waals surface area contributed by atoms with Crippen molar-refractivity contribution in [2.75, 3.05) is 7.05 Å². The minimum atomic E-state index is -0.257. The Kier molecular flexibility index (Phi) is 3.91. The molecule has 0 aromatic carbocycles. The van der Waals surface area contributed by atoms with E-state index >= 15 is 0 Å². The van der Waals surface area contributed by atoms with Crippen LogP contribution in [0.15, 0.2) is 23.8 Å². The van der Waals surface area contributed by atoms with Crippen molar-refractivity contribution in [1.82, 2.24) is 19.4 Å². The molecule has 6 nitrogen and oxygen atoms in total. The van der Waals surface area contributed by atoms with Gasteiger partial charge in [-0.2, -0.15) is 0 Å². The van der Waals surface area contributed by atoms with E-state index in [1.165, 1.54) is 29.3 Å². The number of nitrogens with one attached hydrogen (secondary N) is 1. The van der Waals surface area contributed by atoms with E-state index < -0.39 is 0 Å². The van der Waals surface area contributed by atoms with E-state index in [1.807, 2.05) is 0 Å². The van der Waals surface area contributed by atoms with Gasteiger partial charge in [-0.05, 0) is 12.2 Å². The summed E-state index contributed by atoms with van der Waals surface area (Å²) in [5.74, 6) is -0.252. The van der Waals surface area contributed by atoms with Gasteiger partial charge in [0, 0.05) is 13.6 Å². The number of fused-ring (bicyclic) bond motifs is 1. The second-order valence-corrected chi connectivity index (χ2v) is 5.41. The number of thiazole rings is 1. The fourth-order valence-corrected chi connectivity index (χ4v) is 2.92. The number of hydrogen-bond acceptors (Lipinski definition) is 5. The number of nitrogens with zero attached hydrogens (tertiary/aromatic N) is 3. The molecular formula is C11H12N4O2S2. The molecule has 0 fully saturated rings. The van der Waals surface area contributed by atoms with Crippen molar-refractivity contribution in [3.8, 4) is 0 Å². The Morgan fingerprint density at radius 1 is 1.68 bits per heavy atom. The number of allylic oxidation sites excluding steroid dienone is 1. The third-order valence-electron chi connectivity index (χ3n) is 2.55. The molecular weight excluding hydrogens is 284 g/mol. The van der Waals surface area contributed by atoms with Crippen molar-refractivity contribution in [1.29, 1.82) is 0 Å². The summed E-state index contributed by atoms with van der Waals surface area (Å²) in [5.41, 5.74) is 0.278. The molecule has 0 bridgehead atoms. The number of likely N-dealkylation sites (N-methyl/N-ethyl adjacent to an activating group) is 1. The molecule has 0 radical (unpaired) electrons. The highest BCUT2D eigenvalue weighted by atomic mass is 32.1. The van der Waals surface area contributed by atoms with Crippen LogP contribution in [0, 0.1) is 3.95 Å². The summed E-state index contributed by atoms with van der Waals surface area (Å²) in [6.45, 7) is 4.10. The summed E-state index contributed by atoms with van der Waals surface area (Å²) >= 11 is 6.39. The number of amides is 1. The van der Waals surface area contributed by atoms with Gasteiger partial charge in [-0.3, -0.25) is 14.2 Å². The van der Waals surface area contributed by atoms with E-state index in [4.69, 9.17) is 12.2 Å². The van der Waals surface area contributed by atoms with Gasteiger partial charge in [0.15, 0.2) is 9.60 Å². The van der Waals surface area contributed by atoms with E-state index in [2.05, 4.69) is 16.9 Å². The minimum absolute atomic E-state index is 0.0512. The molecule has 0 unspecified atom stereocenters. The van der Waals surface area contributed by atoms with Crippen molar-refractivity contribution in [2.45, 2.75) is 13.1 Å². The largest absolute Gasteiger partial charge is 0.358 e. The molecule has 1 amide bonds. The summed E-state index contributed by atoms with van der Waals surface area (Å²) in [4.78, 5) is 27.7. The summed E-state index contributed by atoms with van der Waals surface area (Å²) < 4.78 is 4.04. The lowest BCUT2D eigenvalue weighted by Gasteiger charge is -2.04. The third kappa shape index (κ3) is 2.49. The monoisotopic (exact) mass is 296 g/mol. The van der Waals surface area contributed by atoms with Crippen molar-refractivity contribution >= 4 is 39.8 Å². The summed E-state index contributed by atoms with van der Waals surface area (Å²) in [6, 6.07) is 0. The molecule has 0 atom stereocenters. The van der Waals surface area contributed by atoms with Gasteiger partial charge in [0.05, 0.1) is 0 Å². The maximum atomic E-state index is 12.2. The van der Waals surface area contributed by atoms with Gasteiger partial charge in [0.1, 0.15) is 17.6 Å². The summed E-state index contributed by atoms with van der Waals surface area (Å²) in [7, 11) is 1.52. The first kappa shape index (κ1) is 13.6. The van der Waals surface area contributed by atoms with Gasteiger partial charge >= 0.3 is 0 Å². The van der Waals surface area contributed by atoms with E-state index in [9.17, 15) is 9.59 Å². The van der Waals surface area contributed by atoms with Crippen LogP contribution in [-0.2, 0) is 17.9 Å². The summed E-state index contributed by atoms with van der Waals surface area (Å²) in [6.07, 6.45) is 3.06. The quantitative estimate of drug-likeness (QED) is 0.673. The van der Waals surface area contributed by atoms with Crippen molar-refractivity contribution in [3.05, 3.63) is 33.3 Å². The van der Waals surface area contributed by atoms with Crippen molar-refractivity contribution in [3.63, 3.8) is 0 Å². The zero-order valence-corrected chi connectivity index (χ0v) is 11.9. The standard InChI is InChI=1S/C11H12N4O2S2/c1-3-4-15-9-8(19-11(15)18)10(17)14(6-13-9)5-7(16)12-2/h3,6H,1,4-5H2,2H3,(H,12,16). The number of carbonyl (C=O) groups is 1. The van der Waals surface area contributed by atoms with Gasteiger partial charge in [0.25, 0.3) is 5.56 Å². The Balaban J connectivity index is 2.60. The predicted octanol–water partition coefficient (Wildman–Crippen LogP) is 0.921. The molecule has 8 heteroatoms. The number of hydrogen-bond donors (Lipinski definition) is 1. The van der Waals surface area contributed by atoms with E-state index in [1.54, 1.807) is 10.6 Å². The molecule has 100 valence electrons. The van der Waals surface area contributed by atoms with Crippen LogP contribution in [0.25, 0.3) is 10.3 Å². The summed E-state index contributed by atoms with van der Waals surface area (Å²) in [5, 5.41) is 2.46. The van der Waals surface area contributed by atoms with E-state index in [-0.39, 0.29) is 18.0 Å². The third-order valence-corrected chi connectivity index (χ3v) is 3.97. The second-order valence-electron chi connectivity index (χ2n) is 3.77. The lowest BCUT2D eigenvalue weighted by atomic mass is 10.5. The van der Waals surface area contributed by atoms with Crippen LogP contribution < -0.4 is 10.9 Å². The van der Waals surface area contributed by atoms with Gasteiger partial charge in [-0.1, -0.05) is 17.4 Å². The Labute approximate surface area is 118 Å². The highest BCUT2D eigenvalue weighted by Gasteiger charge is 2.12. The second kappa shape index (κ2) is 5.45. The first-order valence-corrected chi connectivity index (χ1v) is 6.71. The van der Waals surface area contributed by atoms with Crippen LogP contribution in [0.1, 0.15) is 0 Å². The lowest BCUT2D eigenvalue weighted by molar-refractivity contribution is -0.121. The van der Waals surface area contributed by atoms with Crippen LogP contribution >= 0.6 is 23.6 Å². The van der Waals surface area contributed by atoms with Crippen LogP contribution in [0.3, 0.4) is 0 Å². The lowest BCUT2D eigenvalue weighted by Crippen LogP contribution is -2.30. The molecule has 0 spiro atoms. The molecule has 1 N–H and O–H groups in total. The van der Waals surface area contributed by atoms with Crippen molar-refractivity contribution in [2.24, 2.45) is 0 Å². The average molecular weight is 296 g/mol. The SMILES string of the molecule is C=CCn1c(=S)sc2c(=O)n(CC(=O)NC)cnc21. The molecule has 0 saturated heterocycles. The fourth-order valence-electron chi connectivity index (χ4n) is 1.61. The first-order valence-electron chi connectivity index (χ1n) is 5.48. The highest BCUT2D eigenvalue weighted by Crippen LogP contribution is 2.17. The van der Waals surface area contributed by atoms with Crippen LogP contribution in [0.2, 0.25) is 0 Å². The fraction of sp³-hybridized carbons (Fsp3) is 0.273. The van der Waals surface area contributed by atoms with E-state index in [0.29, 0.717) is 20.8 Å². The van der Waals surface area contributed by atoms with Gasteiger partial charge in [0.2, 0.25) is 5.91 Å².